The maximum atomic E-state index is 11.8. The van der Waals surface area contributed by atoms with Gasteiger partial charge >= 0.3 is 23.9 Å². The molecule has 0 aliphatic carbocycles. The Kier molecular flexibility index (Phi) is 9.32. The molecule has 0 fully saturated rings. The fraction of sp³-hybridized carbons (Fsp3) is 0.556. The number of carbonyl (C=O) groups excluding carboxylic acids is 4. The Balaban J connectivity index is 4.10. The van der Waals surface area contributed by atoms with E-state index >= 15 is 0 Å². The van der Waals surface area contributed by atoms with Crippen LogP contribution in [-0.4, -0.2) is 48.3 Å². The van der Waals surface area contributed by atoms with Crippen LogP contribution in [0.15, 0.2) is 25.3 Å². The van der Waals surface area contributed by atoms with Crippen LogP contribution < -0.4 is 0 Å². The van der Waals surface area contributed by atoms with Gasteiger partial charge in [0, 0.05) is 12.2 Å². The summed E-state index contributed by atoms with van der Waals surface area (Å²) in [7, 11) is 0. The minimum Gasteiger partial charge on any atom is -0.463 e. The smallest absolute Gasteiger partial charge is 0.350 e. The third-order valence-corrected chi connectivity index (χ3v) is 3.03. The first-order valence-corrected chi connectivity index (χ1v) is 8.01. The lowest BCUT2D eigenvalue weighted by molar-refractivity contribution is -0.176. The van der Waals surface area contributed by atoms with Crippen molar-refractivity contribution >= 4 is 23.9 Å². The number of esters is 4. The number of hydrogen-bond donors (Lipinski definition) is 0. The molecule has 0 aliphatic rings. The largest absolute Gasteiger partial charge is 0.463 e. The molecule has 8 nitrogen and oxygen atoms in total. The Labute approximate surface area is 153 Å². The second kappa shape index (κ2) is 10.4. The van der Waals surface area contributed by atoms with Crippen molar-refractivity contribution in [1.29, 1.82) is 0 Å². The summed E-state index contributed by atoms with van der Waals surface area (Å²) in [5, 5.41) is 0. The highest BCUT2D eigenvalue weighted by molar-refractivity contribution is 5.87. The van der Waals surface area contributed by atoms with Crippen molar-refractivity contribution in [3.63, 3.8) is 0 Å². The molecule has 0 aliphatic heterocycles. The van der Waals surface area contributed by atoms with Gasteiger partial charge in [0.05, 0.1) is 13.2 Å². The van der Waals surface area contributed by atoms with Crippen LogP contribution in [0.4, 0.5) is 0 Å². The van der Waals surface area contributed by atoms with Crippen molar-refractivity contribution in [1.82, 2.24) is 0 Å². The molecule has 0 saturated carbocycles. The topological polar surface area (TPSA) is 105 Å². The van der Waals surface area contributed by atoms with Gasteiger partial charge in [0.15, 0.2) is 0 Å². The highest BCUT2D eigenvalue weighted by Crippen LogP contribution is 2.14. The van der Waals surface area contributed by atoms with Gasteiger partial charge in [0.1, 0.15) is 0 Å². The Hall–Kier alpha value is -2.64. The van der Waals surface area contributed by atoms with Gasteiger partial charge in [-0.2, -0.15) is 0 Å². The maximum absolute atomic E-state index is 11.8. The zero-order chi connectivity index (χ0) is 20.4. The number of rotatable bonds is 11. The molecule has 0 radical (unpaired) electrons. The Morgan fingerprint density at radius 3 is 1.31 bits per heavy atom. The molecule has 0 atom stereocenters. The lowest BCUT2D eigenvalue weighted by atomic mass is 10.1. The number of unbranched alkanes of at least 4 members (excludes halogenated alkanes) is 1. The summed E-state index contributed by atoms with van der Waals surface area (Å²) in [6, 6.07) is 0. The van der Waals surface area contributed by atoms with E-state index in [-0.39, 0.29) is 13.2 Å². The lowest BCUT2D eigenvalue weighted by Gasteiger charge is -2.22. The quantitative estimate of drug-likeness (QED) is 0.235. The summed E-state index contributed by atoms with van der Waals surface area (Å²) < 4.78 is 19.8. The average molecular weight is 370 g/mol. The van der Waals surface area contributed by atoms with Crippen molar-refractivity contribution in [2.24, 2.45) is 0 Å². The van der Waals surface area contributed by atoms with Crippen molar-refractivity contribution < 1.29 is 38.1 Å². The van der Waals surface area contributed by atoms with Crippen LogP contribution in [0.25, 0.3) is 0 Å². The van der Waals surface area contributed by atoms with Crippen LogP contribution >= 0.6 is 0 Å². The van der Waals surface area contributed by atoms with Crippen molar-refractivity contribution in [3.8, 4) is 0 Å². The fourth-order valence-electron chi connectivity index (χ4n) is 1.55. The van der Waals surface area contributed by atoms with Gasteiger partial charge in [-0.3, -0.25) is 0 Å². The first-order chi connectivity index (χ1) is 12.0. The van der Waals surface area contributed by atoms with E-state index in [0.717, 1.165) is 12.2 Å². The molecule has 0 heterocycles. The average Bonchev–Trinajstić information content (AvgIpc) is 2.56. The van der Waals surface area contributed by atoms with Gasteiger partial charge in [0.25, 0.3) is 0 Å². The zero-order valence-electron chi connectivity index (χ0n) is 15.7. The Bertz CT molecular complexity index is 510. The lowest BCUT2D eigenvalue weighted by Crippen LogP contribution is -2.39. The fourth-order valence-corrected chi connectivity index (χ4v) is 1.55. The van der Waals surface area contributed by atoms with Crippen LogP contribution in [0.1, 0.15) is 40.5 Å². The van der Waals surface area contributed by atoms with Gasteiger partial charge in [-0.25, -0.2) is 19.2 Å². The molecule has 0 saturated heterocycles. The molecule has 26 heavy (non-hydrogen) atoms. The Morgan fingerprint density at radius 1 is 0.731 bits per heavy atom. The molecule has 0 N–H and O–H groups in total. The molecule has 0 aromatic rings. The monoisotopic (exact) mass is 370 g/mol. The summed E-state index contributed by atoms with van der Waals surface area (Å²) in [5.74, 6) is -2.83. The van der Waals surface area contributed by atoms with Crippen LogP contribution in [0.5, 0.6) is 0 Å². The third-order valence-electron chi connectivity index (χ3n) is 3.03. The van der Waals surface area contributed by atoms with E-state index in [1.807, 2.05) is 0 Å². The van der Waals surface area contributed by atoms with E-state index in [2.05, 4.69) is 13.2 Å². The van der Waals surface area contributed by atoms with E-state index < -0.39 is 35.1 Å². The SMILES string of the molecule is C=CC(=O)OC(C)(C)C(=O)OCCCCOC(=O)C(C)(C)OC(=O)C=C. The second-order valence-corrected chi connectivity index (χ2v) is 6.25. The molecule has 0 rings (SSSR count). The summed E-state index contributed by atoms with van der Waals surface area (Å²) in [6.45, 7) is 12.3. The van der Waals surface area contributed by atoms with Gasteiger partial charge in [0.2, 0.25) is 11.2 Å². The number of ether oxygens (including phenoxy) is 4. The molecule has 0 spiro atoms. The van der Waals surface area contributed by atoms with E-state index in [1.165, 1.54) is 27.7 Å². The molecule has 8 heteroatoms. The summed E-state index contributed by atoms with van der Waals surface area (Å²) in [4.78, 5) is 46.0. The van der Waals surface area contributed by atoms with Crippen molar-refractivity contribution in [3.05, 3.63) is 25.3 Å². The first kappa shape index (κ1) is 23.4. The number of carbonyl (C=O) groups is 4. The highest BCUT2D eigenvalue weighted by Gasteiger charge is 2.34. The van der Waals surface area contributed by atoms with Crippen LogP contribution in [0, 0.1) is 0 Å². The van der Waals surface area contributed by atoms with Crippen LogP contribution in [0.3, 0.4) is 0 Å². The van der Waals surface area contributed by atoms with Crippen molar-refractivity contribution in [2.75, 3.05) is 13.2 Å². The summed E-state index contributed by atoms with van der Waals surface area (Å²) in [6.07, 6.45) is 2.77. The number of hydrogen-bond acceptors (Lipinski definition) is 8. The highest BCUT2D eigenvalue weighted by atomic mass is 16.6. The van der Waals surface area contributed by atoms with Crippen LogP contribution in [0.2, 0.25) is 0 Å². The maximum Gasteiger partial charge on any atom is 0.350 e. The van der Waals surface area contributed by atoms with E-state index in [0.29, 0.717) is 12.8 Å². The van der Waals surface area contributed by atoms with E-state index in [4.69, 9.17) is 18.9 Å². The van der Waals surface area contributed by atoms with Gasteiger partial charge < -0.3 is 18.9 Å². The first-order valence-electron chi connectivity index (χ1n) is 8.01. The molecule has 0 amide bonds. The van der Waals surface area contributed by atoms with Gasteiger partial charge in [-0.05, 0) is 40.5 Å². The Morgan fingerprint density at radius 2 is 1.04 bits per heavy atom. The molecular weight excluding hydrogens is 344 g/mol. The normalized spacial score (nSPS) is 11.1. The summed E-state index contributed by atoms with van der Waals surface area (Å²) >= 11 is 0. The minimum absolute atomic E-state index is 0.0697. The molecule has 0 aromatic carbocycles. The summed E-state index contributed by atoms with van der Waals surface area (Å²) in [5.41, 5.74) is -2.84. The molecule has 146 valence electrons. The third kappa shape index (κ3) is 8.46. The van der Waals surface area contributed by atoms with E-state index in [1.54, 1.807) is 0 Å². The predicted octanol–water partition coefficient (Wildman–Crippen LogP) is 1.87. The molecule has 0 aromatic heterocycles. The van der Waals surface area contributed by atoms with Gasteiger partial charge in [-0.15, -0.1) is 0 Å². The zero-order valence-corrected chi connectivity index (χ0v) is 15.7. The van der Waals surface area contributed by atoms with Crippen LogP contribution in [-0.2, 0) is 38.1 Å². The minimum atomic E-state index is -1.42. The van der Waals surface area contributed by atoms with Gasteiger partial charge in [-0.1, -0.05) is 13.2 Å². The van der Waals surface area contributed by atoms with E-state index in [9.17, 15) is 19.2 Å². The molecule has 0 bridgehead atoms. The standard InChI is InChI=1S/C18H26O8/c1-7-13(19)25-17(3,4)15(21)23-11-9-10-12-24-16(22)18(5,6)26-14(20)8-2/h7-8H,1-2,9-12H2,3-6H3. The van der Waals surface area contributed by atoms with Crippen molar-refractivity contribution in [2.45, 2.75) is 51.7 Å². The molecule has 0 unspecified atom stereocenters. The predicted molar refractivity (Wildman–Crippen MR) is 91.9 cm³/mol. The molecular formula is C18H26O8. The second-order valence-electron chi connectivity index (χ2n) is 6.25.